The summed E-state index contributed by atoms with van der Waals surface area (Å²) in [4.78, 5) is 26.9. The quantitative estimate of drug-likeness (QED) is 0.715. The van der Waals surface area contributed by atoms with Crippen molar-refractivity contribution in [3.63, 3.8) is 0 Å². The predicted octanol–water partition coefficient (Wildman–Crippen LogP) is 4.10. The van der Waals surface area contributed by atoms with E-state index < -0.39 is 46.0 Å². The van der Waals surface area contributed by atoms with Crippen molar-refractivity contribution in [1.29, 1.82) is 0 Å². The van der Waals surface area contributed by atoms with Crippen molar-refractivity contribution in [3.05, 3.63) is 63.6 Å². The van der Waals surface area contributed by atoms with Gasteiger partial charge in [-0.2, -0.15) is 26.3 Å². The molecule has 1 fully saturated rings. The monoisotopic (exact) mass is 434 g/mol. The van der Waals surface area contributed by atoms with Gasteiger partial charge in [0.15, 0.2) is 0 Å². The molecule has 0 unspecified atom stereocenters. The van der Waals surface area contributed by atoms with Crippen molar-refractivity contribution in [3.8, 4) is 0 Å². The fourth-order valence-corrected chi connectivity index (χ4v) is 3.34. The van der Waals surface area contributed by atoms with Gasteiger partial charge in [0.25, 0.3) is 5.56 Å². The van der Waals surface area contributed by atoms with E-state index in [1.807, 2.05) is 4.98 Å². The Kier molecular flexibility index (Phi) is 5.68. The number of alkyl halides is 6. The molecule has 11 heteroatoms. The molecule has 0 radical (unpaired) electrons. The maximum atomic E-state index is 13.1. The normalized spacial score (nSPS) is 16.9. The van der Waals surface area contributed by atoms with E-state index in [0.717, 1.165) is 18.2 Å². The van der Waals surface area contributed by atoms with Crippen LogP contribution in [0.3, 0.4) is 0 Å². The predicted molar refractivity (Wildman–Crippen MR) is 93.9 cm³/mol. The molecule has 30 heavy (non-hydrogen) atoms. The van der Waals surface area contributed by atoms with Gasteiger partial charge in [0.2, 0.25) is 5.91 Å². The third kappa shape index (κ3) is 4.35. The lowest BCUT2D eigenvalue weighted by atomic mass is 9.73. The number of ether oxygens (including phenoxy) is 1. The van der Waals surface area contributed by atoms with Gasteiger partial charge >= 0.3 is 12.4 Å². The first-order valence-corrected chi connectivity index (χ1v) is 8.80. The van der Waals surface area contributed by atoms with Crippen molar-refractivity contribution < 1.29 is 35.9 Å². The molecule has 5 nitrogen and oxygen atoms in total. The largest absolute Gasteiger partial charge is 0.417 e. The van der Waals surface area contributed by atoms with Gasteiger partial charge in [-0.3, -0.25) is 9.59 Å². The lowest BCUT2D eigenvalue weighted by Crippen LogP contribution is -2.45. The van der Waals surface area contributed by atoms with E-state index in [0.29, 0.717) is 12.3 Å². The molecule has 0 bridgehead atoms. The number of nitrogens with one attached hydrogen (secondary N) is 2. The molecule has 162 valence electrons. The minimum Gasteiger partial charge on any atom is -0.381 e. The first-order valence-electron chi connectivity index (χ1n) is 8.80. The molecule has 2 aromatic rings. The van der Waals surface area contributed by atoms with Gasteiger partial charge in [-0.25, -0.2) is 0 Å². The van der Waals surface area contributed by atoms with Crippen LogP contribution in [0.15, 0.2) is 41.3 Å². The molecule has 0 spiro atoms. The fraction of sp³-hybridized carbons (Fsp3) is 0.368. The minimum absolute atomic E-state index is 0.00297. The van der Waals surface area contributed by atoms with Crippen molar-refractivity contribution in [2.24, 2.45) is 0 Å². The van der Waals surface area contributed by atoms with Crippen LogP contribution in [0, 0.1) is 0 Å². The number of H-pyrrole nitrogens is 1. The molecule has 1 amide bonds. The molecule has 1 saturated heterocycles. The summed E-state index contributed by atoms with van der Waals surface area (Å²) in [5.41, 5.74) is -5.22. The first-order chi connectivity index (χ1) is 13.9. The van der Waals surface area contributed by atoms with Crippen LogP contribution in [0.25, 0.3) is 0 Å². The highest BCUT2D eigenvalue weighted by molar-refractivity contribution is 5.99. The molecule has 0 aliphatic carbocycles. The molecule has 1 aromatic carbocycles. The Balaban J connectivity index is 2.02. The Labute approximate surface area is 166 Å². The number of rotatable bonds is 3. The Hall–Kier alpha value is -2.82. The Morgan fingerprint density at radius 2 is 1.63 bits per heavy atom. The number of aromatic nitrogens is 1. The second kappa shape index (κ2) is 7.78. The van der Waals surface area contributed by atoms with Gasteiger partial charge in [-0.15, -0.1) is 0 Å². The molecular formula is C19H16F6N2O3. The number of halogens is 6. The van der Waals surface area contributed by atoms with Crippen LogP contribution in [0.5, 0.6) is 0 Å². The van der Waals surface area contributed by atoms with Crippen molar-refractivity contribution in [2.75, 3.05) is 18.5 Å². The third-order valence-corrected chi connectivity index (χ3v) is 5.00. The maximum Gasteiger partial charge on any atom is 0.417 e. The highest BCUT2D eigenvalue weighted by atomic mass is 19.4. The molecule has 1 aliphatic rings. The van der Waals surface area contributed by atoms with E-state index in [2.05, 4.69) is 5.32 Å². The number of anilines is 1. The summed E-state index contributed by atoms with van der Waals surface area (Å²) >= 11 is 0. The van der Waals surface area contributed by atoms with Gasteiger partial charge in [-0.05, 0) is 30.5 Å². The highest BCUT2D eigenvalue weighted by Gasteiger charge is 2.43. The number of hydrogen-bond acceptors (Lipinski definition) is 3. The van der Waals surface area contributed by atoms with Crippen LogP contribution >= 0.6 is 0 Å². The van der Waals surface area contributed by atoms with Crippen LogP contribution in [0.4, 0.5) is 32.0 Å². The summed E-state index contributed by atoms with van der Waals surface area (Å²) in [5.74, 6) is -0.880. The maximum absolute atomic E-state index is 13.1. The molecule has 0 saturated carbocycles. The lowest BCUT2D eigenvalue weighted by Gasteiger charge is -2.36. The summed E-state index contributed by atoms with van der Waals surface area (Å²) in [6.07, 6.45) is -8.94. The Morgan fingerprint density at radius 1 is 1.00 bits per heavy atom. The van der Waals surface area contributed by atoms with Crippen molar-refractivity contribution >= 4 is 11.6 Å². The molecule has 1 aliphatic heterocycles. The van der Waals surface area contributed by atoms with Crippen molar-refractivity contribution in [2.45, 2.75) is 30.6 Å². The SMILES string of the molecule is O=C(Nc1cc(C(F)(F)F)c[nH]c1=O)C1(c2cccc(C(F)(F)F)c2)CCOCC1. The van der Waals surface area contributed by atoms with Crippen LogP contribution in [-0.2, 0) is 27.3 Å². The zero-order valence-electron chi connectivity index (χ0n) is 15.3. The Bertz CT molecular complexity index is 991. The summed E-state index contributed by atoms with van der Waals surface area (Å²) in [5, 5.41) is 2.17. The molecular weight excluding hydrogens is 418 g/mol. The second-order valence-electron chi connectivity index (χ2n) is 6.86. The van der Waals surface area contributed by atoms with E-state index in [1.54, 1.807) is 0 Å². The number of amides is 1. The van der Waals surface area contributed by atoms with E-state index >= 15 is 0 Å². The number of carbonyl (C=O) groups excluding carboxylic acids is 1. The van der Waals surface area contributed by atoms with Gasteiger partial charge in [0.05, 0.1) is 16.5 Å². The summed E-state index contributed by atoms with van der Waals surface area (Å²) in [7, 11) is 0. The number of hydrogen-bond donors (Lipinski definition) is 2. The summed E-state index contributed by atoms with van der Waals surface area (Å²) in [6, 6.07) is 4.67. The number of aromatic amines is 1. The lowest BCUT2D eigenvalue weighted by molar-refractivity contribution is -0.138. The summed E-state index contributed by atoms with van der Waals surface area (Å²) < 4.78 is 83.4. The van der Waals surface area contributed by atoms with Crippen LogP contribution < -0.4 is 10.9 Å². The zero-order valence-corrected chi connectivity index (χ0v) is 15.3. The van der Waals surface area contributed by atoms with E-state index in [4.69, 9.17) is 4.74 Å². The molecule has 2 N–H and O–H groups in total. The van der Waals surface area contributed by atoms with Gasteiger partial charge in [0.1, 0.15) is 5.69 Å². The number of benzene rings is 1. The fourth-order valence-electron chi connectivity index (χ4n) is 3.34. The van der Waals surface area contributed by atoms with Crippen LogP contribution in [0.2, 0.25) is 0 Å². The molecule has 2 heterocycles. The highest BCUT2D eigenvalue weighted by Crippen LogP contribution is 2.39. The average molecular weight is 434 g/mol. The van der Waals surface area contributed by atoms with Gasteiger partial charge in [0, 0.05) is 19.4 Å². The molecule has 3 rings (SSSR count). The zero-order chi connectivity index (χ0) is 22.2. The second-order valence-corrected chi connectivity index (χ2v) is 6.86. The van der Waals surface area contributed by atoms with E-state index in [-0.39, 0.29) is 31.6 Å². The third-order valence-electron chi connectivity index (χ3n) is 5.00. The molecule has 1 aromatic heterocycles. The summed E-state index contributed by atoms with van der Waals surface area (Å²) in [6.45, 7) is 0.116. The molecule has 0 atom stereocenters. The van der Waals surface area contributed by atoms with E-state index in [1.165, 1.54) is 6.07 Å². The average Bonchev–Trinajstić information content (AvgIpc) is 2.68. The van der Waals surface area contributed by atoms with Crippen LogP contribution in [0.1, 0.15) is 29.5 Å². The van der Waals surface area contributed by atoms with E-state index in [9.17, 15) is 35.9 Å². The van der Waals surface area contributed by atoms with Crippen molar-refractivity contribution in [1.82, 2.24) is 4.98 Å². The van der Waals surface area contributed by atoms with Gasteiger partial charge in [-0.1, -0.05) is 18.2 Å². The number of carbonyl (C=O) groups is 1. The Morgan fingerprint density at radius 3 is 2.23 bits per heavy atom. The standard InChI is InChI=1S/C19H16F6N2O3/c20-18(21,22)12-3-1-2-11(8-12)17(4-6-30-7-5-17)16(29)27-14-9-13(19(23,24)25)10-26-15(14)28/h1-3,8-10H,4-7H2,(H,26,28)(H,27,29). The minimum atomic E-state index is -4.76. The van der Waals surface area contributed by atoms with Crippen LogP contribution in [-0.4, -0.2) is 24.1 Å². The van der Waals surface area contributed by atoms with Gasteiger partial charge < -0.3 is 15.0 Å². The number of pyridine rings is 1. The smallest absolute Gasteiger partial charge is 0.381 e. The first kappa shape index (κ1) is 21.9. The topological polar surface area (TPSA) is 71.2 Å².